The summed E-state index contributed by atoms with van der Waals surface area (Å²) in [5.41, 5.74) is 8.67. The predicted octanol–water partition coefficient (Wildman–Crippen LogP) is 3.18. The molecule has 0 aliphatic heterocycles. The van der Waals surface area contributed by atoms with E-state index < -0.39 is 12.0 Å². The fraction of sp³-hybridized carbons (Fsp3) is 0.400. The molecule has 0 aliphatic carbocycles. The summed E-state index contributed by atoms with van der Waals surface area (Å²) in [4.78, 5) is 15.3. The van der Waals surface area contributed by atoms with Crippen molar-refractivity contribution in [2.75, 3.05) is 6.26 Å². The summed E-state index contributed by atoms with van der Waals surface area (Å²) in [6.07, 6.45) is 2.36. The number of nitrogens with two attached hydrogens (primary N) is 1. The standard InChI is InChI=1S/C13H16N2O2S.C2H6/c1-7-8(6-9(14)13(16)17)12-10(15-7)4-3-5-11(12)18-2;1-2/h3-5,9,15H,6,14H2,1-2H3,(H,16,17);1-2H3. The van der Waals surface area contributed by atoms with Gasteiger partial charge in [0, 0.05) is 27.9 Å². The summed E-state index contributed by atoms with van der Waals surface area (Å²) in [5, 5.41) is 10.0. The van der Waals surface area contributed by atoms with E-state index in [-0.39, 0.29) is 0 Å². The van der Waals surface area contributed by atoms with Crippen molar-refractivity contribution < 1.29 is 9.90 Å². The molecule has 2 rings (SSSR count). The normalized spacial score (nSPS) is 11.8. The third kappa shape index (κ3) is 3.35. The summed E-state index contributed by atoms with van der Waals surface area (Å²) in [6, 6.07) is 5.16. The average Bonchev–Trinajstić information content (AvgIpc) is 2.77. The molecule has 5 heteroatoms. The number of aliphatic carboxylic acids is 1. The number of fused-ring (bicyclic) bond motifs is 1. The Bertz CT molecular complexity index is 593. The summed E-state index contributed by atoms with van der Waals surface area (Å²) in [5.74, 6) is -0.967. The number of aromatic amines is 1. The minimum absolute atomic E-state index is 0.346. The minimum atomic E-state index is -0.967. The van der Waals surface area contributed by atoms with E-state index in [4.69, 9.17) is 10.8 Å². The van der Waals surface area contributed by atoms with E-state index in [1.165, 1.54) is 0 Å². The minimum Gasteiger partial charge on any atom is -0.480 e. The van der Waals surface area contributed by atoms with Crippen molar-refractivity contribution in [2.24, 2.45) is 5.73 Å². The third-order valence-corrected chi connectivity index (χ3v) is 3.84. The number of carboxylic acid groups (broad SMARTS) is 1. The highest BCUT2D eigenvalue weighted by Gasteiger charge is 2.18. The molecule has 4 N–H and O–H groups in total. The zero-order valence-corrected chi connectivity index (χ0v) is 13.2. The molecule has 1 atom stereocenters. The molecule has 1 unspecified atom stereocenters. The molecule has 2 aromatic rings. The fourth-order valence-electron chi connectivity index (χ4n) is 2.14. The maximum absolute atomic E-state index is 10.9. The fourth-order valence-corrected chi connectivity index (χ4v) is 2.80. The van der Waals surface area contributed by atoms with Crippen LogP contribution in [0.1, 0.15) is 25.1 Å². The molecule has 1 aromatic carbocycles. The van der Waals surface area contributed by atoms with Gasteiger partial charge in [-0.15, -0.1) is 11.8 Å². The van der Waals surface area contributed by atoms with Crippen LogP contribution in [-0.2, 0) is 11.2 Å². The Hall–Kier alpha value is -1.46. The van der Waals surface area contributed by atoms with Crippen LogP contribution in [0.3, 0.4) is 0 Å². The van der Waals surface area contributed by atoms with Crippen LogP contribution in [0.2, 0.25) is 0 Å². The number of benzene rings is 1. The zero-order chi connectivity index (χ0) is 15.3. The van der Waals surface area contributed by atoms with Crippen LogP contribution in [-0.4, -0.2) is 28.4 Å². The van der Waals surface area contributed by atoms with Crippen LogP contribution in [0, 0.1) is 6.92 Å². The Morgan fingerprint density at radius 2 is 2.10 bits per heavy atom. The number of carboxylic acids is 1. The number of hydrogen-bond donors (Lipinski definition) is 3. The molecular weight excluding hydrogens is 272 g/mol. The monoisotopic (exact) mass is 294 g/mol. The molecule has 4 nitrogen and oxygen atoms in total. The van der Waals surface area contributed by atoms with E-state index in [2.05, 4.69) is 4.98 Å². The van der Waals surface area contributed by atoms with Crippen LogP contribution in [0.4, 0.5) is 0 Å². The summed E-state index contributed by atoms with van der Waals surface area (Å²) >= 11 is 1.65. The van der Waals surface area contributed by atoms with Gasteiger partial charge in [0.25, 0.3) is 0 Å². The van der Waals surface area contributed by atoms with Gasteiger partial charge in [-0.05, 0) is 30.9 Å². The lowest BCUT2D eigenvalue weighted by molar-refractivity contribution is -0.138. The average molecular weight is 294 g/mol. The van der Waals surface area contributed by atoms with Gasteiger partial charge >= 0.3 is 5.97 Å². The summed E-state index contributed by atoms with van der Waals surface area (Å²) in [7, 11) is 0. The quantitative estimate of drug-likeness (QED) is 0.757. The Morgan fingerprint density at radius 1 is 1.45 bits per heavy atom. The lowest BCUT2D eigenvalue weighted by Crippen LogP contribution is -2.32. The van der Waals surface area contributed by atoms with Gasteiger partial charge in [0.1, 0.15) is 6.04 Å². The van der Waals surface area contributed by atoms with Crippen molar-refractivity contribution in [2.45, 2.75) is 38.1 Å². The molecule has 1 heterocycles. The molecule has 0 saturated heterocycles. The third-order valence-electron chi connectivity index (χ3n) is 3.06. The maximum Gasteiger partial charge on any atom is 0.320 e. The van der Waals surface area contributed by atoms with Gasteiger partial charge in [0.15, 0.2) is 0 Å². The molecule has 20 heavy (non-hydrogen) atoms. The largest absolute Gasteiger partial charge is 0.480 e. The molecule has 110 valence electrons. The van der Waals surface area contributed by atoms with Gasteiger partial charge in [-0.25, -0.2) is 0 Å². The highest BCUT2D eigenvalue weighted by atomic mass is 32.2. The van der Waals surface area contributed by atoms with Gasteiger partial charge in [-0.3, -0.25) is 4.79 Å². The number of rotatable bonds is 4. The number of hydrogen-bond acceptors (Lipinski definition) is 3. The number of nitrogens with one attached hydrogen (secondary N) is 1. The predicted molar refractivity (Wildman–Crippen MR) is 85.5 cm³/mol. The van der Waals surface area contributed by atoms with E-state index >= 15 is 0 Å². The van der Waals surface area contributed by atoms with E-state index in [0.717, 1.165) is 27.1 Å². The van der Waals surface area contributed by atoms with Crippen LogP contribution in [0.25, 0.3) is 10.9 Å². The first-order chi connectivity index (χ1) is 9.54. The summed E-state index contributed by atoms with van der Waals surface area (Å²) in [6.45, 7) is 5.95. The van der Waals surface area contributed by atoms with Gasteiger partial charge < -0.3 is 15.8 Å². The number of H-pyrrole nitrogens is 1. The van der Waals surface area contributed by atoms with Crippen LogP contribution in [0.15, 0.2) is 23.1 Å². The topological polar surface area (TPSA) is 79.1 Å². The Kier molecular flexibility index (Phi) is 6.10. The lowest BCUT2D eigenvalue weighted by atomic mass is 10.0. The number of carbonyl (C=O) groups is 1. The van der Waals surface area contributed by atoms with E-state index in [9.17, 15) is 4.79 Å². The number of thioether (sulfide) groups is 1. The first-order valence-corrected chi connectivity index (χ1v) is 7.89. The maximum atomic E-state index is 10.9. The molecule has 1 aromatic heterocycles. The van der Waals surface area contributed by atoms with E-state index in [1.807, 2.05) is 45.2 Å². The van der Waals surface area contributed by atoms with Crippen molar-refractivity contribution in [1.29, 1.82) is 0 Å². The van der Waals surface area contributed by atoms with Crippen molar-refractivity contribution in [1.82, 2.24) is 4.98 Å². The Morgan fingerprint density at radius 3 is 2.65 bits per heavy atom. The first kappa shape index (κ1) is 16.6. The lowest BCUT2D eigenvalue weighted by Gasteiger charge is -2.08. The van der Waals surface area contributed by atoms with Crippen LogP contribution < -0.4 is 5.73 Å². The van der Waals surface area contributed by atoms with Crippen LogP contribution >= 0.6 is 11.8 Å². The second-order valence-electron chi connectivity index (χ2n) is 4.26. The molecule has 0 aliphatic rings. The van der Waals surface area contributed by atoms with Gasteiger partial charge in [-0.1, -0.05) is 19.9 Å². The van der Waals surface area contributed by atoms with Gasteiger partial charge in [-0.2, -0.15) is 0 Å². The van der Waals surface area contributed by atoms with Crippen LogP contribution in [0.5, 0.6) is 0 Å². The SMILES string of the molecule is CC.CSc1cccc2[nH]c(C)c(CC(N)C(=O)O)c12. The van der Waals surface area contributed by atoms with Gasteiger partial charge in [0.2, 0.25) is 0 Å². The summed E-state index contributed by atoms with van der Waals surface area (Å²) < 4.78 is 0. The number of aryl methyl sites for hydroxylation is 1. The van der Waals surface area contributed by atoms with Crippen molar-refractivity contribution in [3.63, 3.8) is 0 Å². The van der Waals surface area contributed by atoms with Crippen molar-refractivity contribution in [3.05, 3.63) is 29.5 Å². The Balaban J connectivity index is 0.000000956. The number of aromatic nitrogens is 1. The van der Waals surface area contributed by atoms with Gasteiger partial charge in [0.05, 0.1) is 0 Å². The highest BCUT2D eigenvalue weighted by molar-refractivity contribution is 7.98. The molecule has 0 amide bonds. The molecule has 0 fully saturated rings. The molecule has 0 saturated carbocycles. The molecule has 0 bridgehead atoms. The van der Waals surface area contributed by atoms with Crippen molar-refractivity contribution >= 4 is 28.6 Å². The zero-order valence-electron chi connectivity index (χ0n) is 12.4. The molecular formula is C15H22N2O2S. The second kappa shape index (κ2) is 7.36. The Labute approximate surface area is 123 Å². The highest BCUT2D eigenvalue weighted by Crippen LogP contribution is 2.31. The second-order valence-corrected chi connectivity index (χ2v) is 5.11. The van der Waals surface area contributed by atoms with E-state index in [0.29, 0.717) is 6.42 Å². The molecule has 0 radical (unpaired) electrons. The van der Waals surface area contributed by atoms with Crippen molar-refractivity contribution in [3.8, 4) is 0 Å². The van der Waals surface area contributed by atoms with E-state index in [1.54, 1.807) is 11.8 Å². The smallest absolute Gasteiger partial charge is 0.320 e. The molecule has 0 spiro atoms. The first-order valence-electron chi connectivity index (χ1n) is 6.67.